The van der Waals surface area contributed by atoms with Gasteiger partial charge in [0.1, 0.15) is 14.1 Å². The molecular weight excluding hydrogens is 195 g/mol. The highest BCUT2D eigenvalue weighted by Gasteiger charge is 2.23. The second-order valence-corrected chi connectivity index (χ2v) is 3.69. The van der Waals surface area contributed by atoms with Crippen LogP contribution in [0.5, 0.6) is 0 Å². The fourth-order valence-corrected chi connectivity index (χ4v) is 1.65. The second kappa shape index (κ2) is 3.69. The predicted molar refractivity (Wildman–Crippen MR) is 55.0 cm³/mol. The normalized spacial score (nSPS) is 25.7. The molecule has 0 aromatic carbocycles. The molecule has 0 spiro atoms. The van der Waals surface area contributed by atoms with Crippen LogP contribution in [0.1, 0.15) is 24.6 Å². The van der Waals surface area contributed by atoms with Crippen LogP contribution in [0.25, 0.3) is 0 Å². The van der Waals surface area contributed by atoms with Crippen LogP contribution in [0.3, 0.4) is 0 Å². The average molecular weight is 206 g/mol. The van der Waals surface area contributed by atoms with Gasteiger partial charge in [0, 0.05) is 17.8 Å². The van der Waals surface area contributed by atoms with Gasteiger partial charge in [-0.3, -0.25) is 14.3 Å². The lowest BCUT2D eigenvalue weighted by Crippen LogP contribution is -2.33. The summed E-state index contributed by atoms with van der Waals surface area (Å²) in [6.07, 6.45) is 2.55. The Morgan fingerprint density at radius 2 is 2.27 bits per heavy atom. The number of aromatic nitrogens is 2. The van der Waals surface area contributed by atoms with E-state index in [2.05, 4.69) is 4.98 Å². The molecule has 1 aliphatic rings. The Labute approximate surface area is 87.5 Å². The standard InChI is InChI=1S/C9H11BN2O3/c1-5-4-12(9(14)11-8(5)13)7-3-2-6(10)15-7/h4,6-7H,2-3H2,1H3,(H,11,13,14)/t6-,7?/m0/s1. The summed E-state index contributed by atoms with van der Waals surface area (Å²) in [7, 11) is 5.57. The molecule has 2 atom stereocenters. The number of hydrogen-bond acceptors (Lipinski definition) is 3. The van der Waals surface area contributed by atoms with Crippen molar-refractivity contribution in [3.05, 3.63) is 32.6 Å². The number of nitrogens with one attached hydrogen (secondary N) is 1. The Morgan fingerprint density at radius 3 is 2.87 bits per heavy atom. The van der Waals surface area contributed by atoms with Gasteiger partial charge in [0.25, 0.3) is 5.56 Å². The van der Waals surface area contributed by atoms with Crippen molar-refractivity contribution in [3.63, 3.8) is 0 Å². The lowest BCUT2D eigenvalue weighted by Gasteiger charge is -2.14. The number of nitrogens with zero attached hydrogens (tertiary/aromatic N) is 1. The van der Waals surface area contributed by atoms with E-state index in [0.717, 1.165) is 6.42 Å². The summed E-state index contributed by atoms with van der Waals surface area (Å²) in [6.45, 7) is 1.64. The van der Waals surface area contributed by atoms with Crippen LogP contribution < -0.4 is 11.2 Å². The van der Waals surface area contributed by atoms with Crippen LogP contribution >= 0.6 is 0 Å². The molecule has 6 heteroatoms. The Kier molecular flexibility index (Phi) is 2.52. The highest BCUT2D eigenvalue weighted by atomic mass is 16.5. The Balaban J connectivity index is 2.41. The quantitative estimate of drug-likeness (QED) is 0.638. The van der Waals surface area contributed by atoms with Gasteiger partial charge in [0.2, 0.25) is 0 Å². The number of hydrogen-bond donors (Lipinski definition) is 1. The maximum Gasteiger partial charge on any atom is 0.330 e. The van der Waals surface area contributed by atoms with Gasteiger partial charge in [0.15, 0.2) is 0 Å². The molecule has 78 valence electrons. The Morgan fingerprint density at radius 1 is 1.53 bits per heavy atom. The van der Waals surface area contributed by atoms with Crippen molar-refractivity contribution in [2.45, 2.75) is 32.0 Å². The van der Waals surface area contributed by atoms with E-state index in [9.17, 15) is 9.59 Å². The first kappa shape index (κ1) is 10.2. The number of aromatic amines is 1. The summed E-state index contributed by atoms with van der Waals surface area (Å²) in [5.74, 6) is 0. The van der Waals surface area contributed by atoms with Crippen molar-refractivity contribution in [1.82, 2.24) is 9.55 Å². The maximum atomic E-state index is 11.5. The zero-order chi connectivity index (χ0) is 11.0. The zero-order valence-corrected chi connectivity index (χ0v) is 8.40. The first-order valence-corrected chi connectivity index (χ1v) is 4.81. The summed E-state index contributed by atoms with van der Waals surface area (Å²) >= 11 is 0. The van der Waals surface area contributed by atoms with Crippen molar-refractivity contribution in [2.75, 3.05) is 0 Å². The zero-order valence-electron chi connectivity index (χ0n) is 8.40. The fraction of sp³-hybridized carbons (Fsp3) is 0.556. The molecule has 0 aliphatic carbocycles. The lowest BCUT2D eigenvalue weighted by molar-refractivity contribution is 0.0339. The highest BCUT2D eigenvalue weighted by molar-refractivity contribution is 6.11. The third-order valence-corrected chi connectivity index (χ3v) is 2.49. The van der Waals surface area contributed by atoms with E-state index in [1.807, 2.05) is 0 Å². The molecule has 1 aliphatic heterocycles. The summed E-state index contributed by atoms with van der Waals surface area (Å²) in [4.78, 5) is 24.8. The largest absolute Gasteiger partial charge is 0.364 e. The van der Waals surface area contributed by atoms with Gasteiger partial charge >= 0.3 is 5.69 Å². The van der Waals surface area contributed by atoms with E-state index >= 15 is 0 Å². The number of rotatable bonds is 1. The molecule has 15 heavy (non-hydrogen) atoms. The molecule has 0 amide bonds. The van der Waals surface area contributed by atoms with Crippen molar-refractivity contribution in [2.24, 2.45) is 0 Å². The van der Waals surface area contributed by atoms with Crippen molar-refractivity contribution < 1.29 is 4.74 Å². The third-order valence-electron chi connectivity index (χ3n) is 2.49. The maximum absolute atomic E-state index is 11.5. The van der Waals surface area contributed by atoms with Crippen LogP contribution in [0, 0.1) is 6.92 Å². The van der Waals surface area contributed by atoms with Crippen LogP contribution in [0.2, 0.25) is 0 Å². The Hall–Kier alpha value is -1.30. The van der Waals surface area contributed by atoms with Crippen LogP contribution in [-0.4, -0.2) is 23.4 Å². The molecule has 1 aromatic heterocycles. The first-order valence-electron chi connectivity index (χ1n) is 4.81. The predicted octanol–water partition coefficient (Wildman–Crippen LogP) is -0.351. The number of aryl methyl sites for hydroxylation is 1. The summed E-state index contributed by atoms with van der Waals surface area (Å²) in [5.41, 5.74) is -0.332. The first-order chi connectivity index (χ1) is 7.08. The molecule has 1 N–H and O–H groups in total. The minimum absolute atomic E-state index is 0.325. The van der Waals surface area contributed by atoms with Crippen LogP contribution in [-0.2, 0) is 4.74 Å². The summed E-state index contributed by atoms with van der Waals surface area (Å²) in [6, 6.07) is -0.325. The van der Waals surface area contributed by atoms with E-state index in [4.69, 9.17) is 12.6 Å². The molecule has 1 saturated heterocycles. The second-order valence-electron chi connectivity index (χ2n) is 3.69. The molecule has 2 radical (unpaired) electrons. The molecule has 5 nitrogen and oxygen atoms in total. The van der Waals surface area contributed by atoms with Crippen LogP contribution in [0.15, 0.2) is 15.8 Å². The monoisotopic (exact) mass is 206 g/mol. The van der Waals surface area contributed by atoms with Crippen molar-refractivity contribution in [1.29, 1.82) is 0 Å². The Bertz CT molecular complexity index is 479. The van der Waals surface area contributed by atoms with E-state index in [0.29, 0.717) is 12.0 Å². The molecule has 1 aromatic rings. The van der Waals surface area contributed by atoms with Crippen LogP contribution in [0.4, 0.5) is 0 Å². The SMILES string of the molecule is [B][C@@H]1CCC(n2cc(C)c(=O)[nH]c2=O)O1. The van der Waals surface area contributed by atoms with E-state index < -0.39 is 5.69 Å². The van der Waals surface area contributed by atoms with E-state index in [-0.39, 0.29) is 17.8 Å². The highest BCUT2D eigenvalue weighted by Crippen LogP contribution is 2.24. The van der Waals surface area contributed by atoms with Crippen molar-refractivity contribution in [3.8, 4) is 0 Å². The number of ether oxygens (including phenoxy) is 1. The lowest BCUT2D eigenvalue weighted by atomic mass is 9.98. The fourth-order valence-electron chi connectivity index (χ4n) is 1.65. The average Bonchev–Trinajstić information content (AvgIpc) is 2.58. The van der Waals surface area contributed by atoms with Crippen molar-refractivity contribution >= 4 is 7.85 Å². The summed E-state index contributed by atoms with van der Waals surface area (Å²) in [5, 5.41) is 0. The molecule has 1 fully saturated rings. The minimum Gasteiger partial charge on any atom is -0.364 e. The third kappa shape index (κ3) is 1.90. The topological polar surface area (TPSA) is 64.1 Å². The van der Waals surface area contributed by atoms with E-state index in [1.165, 1.54) is 10.8 Å². The molecule has 1 unspecified atom stereocenters. The van der Waals surface area contributed by atoms with E-state index in [1.54, 1.807) is 6.92 Å². The van der Waals surface area contributed by atoms with Gasteiger partial charge in [-0.25, -0.2) is 4.79 Å². The van der Waals surface area contributed by atoms with Gasteiger partial charge in [-0.1, -0.05) is 0 Å². The molecule has 0 saturated carbocycles. The smallest absolute Gasteiger partial charge is 0.330 e. The molecular formula is C9H11BN2O3. The van der Waals surface area contributed by atoms with Gasteiger partial charge < -0.3 is 4.74 Å². The number of H-pyrrole nitrogens is 1. The molecule has 2 heterocycles. The van der Waals surface area contributed by atoms with Gasteiger partial charge in [-0.15, -0.1) is 0 Å². The molecule has 0 bridgehead atoms. The van der Waals surface area contributed by atoms with Gasteiger partial charge in [-0.05, 0) is 19.8 Å². The van der Waals surface area contributed by atoms with Gasteiger partial charge in [0.05, 0.1) is 0 Å². The van der Waals surface area contributed by atoms with Gasteiger partial charge in [-0.2, -0.15) is 0 Å². The summed E-state index contributed by atoms with van der Waals surface area (Å²) < 4.78 is 6.72. The molecule has 2 rings (SSSR count). The minimum atomic E-state index is -0.454.